The molecule has 0 aliphatic carbocycles. The molecule has 34 heavy (non-hydrogen) atoms. The Kier molecular flexibility index (Phi) is 2.86. The van der Waals surface area contributed by atoms with Gasteiger partial charge in [-0.3, -0.25) is 4.74 Å². The second kappa shape index (κ2) is 4.96. The molecule has 0 saturated carbocycles. The molecule has 8 aliphatic heterocycles. The van der Waals surface area contributed by atoms with E-state index < -0.39 is 59.1 Å². The highest BCUT2D eigenvalue weighted by Crippen LogP contribution is 2.88. The standard InChI is InChI=1S/C13H6NO17P3/c1-3-5-4-7(8-6(3)21-32(16,20-5)22-8)19-9(14-4)11-13-12(24-30-34(18,27-11)31-25-13)10(2-15,23-11)26-33(17,28-12)29-13/h15H,2H2,1H3/t10-,11-,12+,13-,32?,33?,34?/m1/s1. The maximum Gasteiger partial charge on any atom is 0.647 e. The average molecular weight is 541 g/mol. The van der Waals surface area contributed by atoms with Crippen LogP contribution in [-0.4, -0.2) is 34.1 Å². The van der Waals surface area contributed by atoms with Crippen LogP contribution in [0.3, 0.4) is 0 Å². The number of aliphatic hydroxyl groups is 1. The second-order valence-corrected chi connectivity index (χ2v) is 12.2. The first kappa shape index (κ1) is 19.6. The third kappa shape index (κ3) is 1.67. The fraction of sp³-hybridized carbons (Fsp3) is 0.462. The maximum atomic E-state index is 13.0. The lowest BCUT2D eigenvalue weighted by atomic mass is 9.94. The highest BCUT2D eigenvalue weighted by atomic mass is 31.2. The molecular formula is C13H6NO17P3. The molecule has 1 N–H and O–H groups in total. The van der Waals surface area contributed by atoms with Crippen LogP contribution in [0.15, 0.2) is 4.42 Å². The quantitative estimate of drug-likeness (QED) is 0.425. The van der Waals surface area contributed by atoms with Crippen molar-refractivity contribution < 1.29 is 78.7 Å². The number of aromatic nitrogens is 1. The highest BCUT2D eigenvalue weighted by molar-refractivity contribution is 7.50. The van der Waals surface area contributed by atoms with Gasteiger partial charge in [0.2, 0.25) is 11.3 Å². The van der Waals surface area contributed by atoms with Gasteiger partial charge in [-0.05, 0) is 6.92 Å². The number of phosphoric acid groups is 3. The van der Waals surface area contributed by atoms with Crippen LogP contribution in [0.1, 0.15) is 11.5 Å². The van der Waals surface area contributed by atoms with Gasteiger partial charge >= 0.3 is 40.8 Å². The molecule has 6 saturated heterocycles. The number of aliphatic hydroxyl groups excluding tert-OH is 1. The number of oxazole rings is 1. The number of nitrogens with zero attached hydrogens (tertiary/aromatic N) is 1. The SMILES string of the molecule is Cc1c2c3c4oc([C@]56O[C@]7(CO)OP8(=O)O[C@@]79OOP(=O)(OO[C@@]59O8)O6)nc4c1OP(=O)(O2)O3. The molecule has 6 fully saturated rings. The van der Waals surface area contributed by atoms with Crippen LogP contribution < -0.4 is 13.6 Å². The van der Waals surface area contributed by atoms with Gasteiger partial charge in [0.15, 0.2) is 17.0 Å². The Morgan fingerprint density at radius 1 is 0.853 bits per heavy atom. The number of hydrogen-bond donors (Lipinski definition) is 1. The van der Waals surface area contributed by atoms with Crippen molar-refractivity contribution in [2.45, 2.75) is 30.1 Å². The Morgan fingerprint density at radius 3 is 2.35 bits per heavy atom. The molecule has 2 spiro atoms. The molecule has 0 amide bonds. The van der Waals surface area contributed by atoms with Crippen molar-refractivity contribution in [1.29, 1.82) is 0 Å². The number of benzene rings is 1. The molecule has 2 aromatic rings. The van der Waals surface area contributed by atoms with Gasteiger partial charge in [0.1, 0.15) is 6.61 Å². The summed E-state index contributed by atoms with van der Waals surface area (Å²) in [4.78, 5) is 14.6. The predicted molar refractivity (Wildman–Crippen MR) is 90.2 cm³/mol. The largest absolute Gasteiger partial charge is 0.647 e. The maximum absolute atomic E-state index is 13.0. The van der Waals surface area contributed by atoms with Gasteiger partial charge in [-0.15, -0.1) is 9.35 Å². The van der Waals surface area contributed by atoms with Gasteiger partial charge in [0.25, 0.3) is 11.7 Å². The Bertz CT molecular complexity index is 1550. The molecule has 1 aromatic heterocycles. The molecule has 9 heterocycles. The van der Waals surface area contributed by atoms with Crippen molar-refractivity contribution in [2.24, 2.45) is 0 Å². The van der Waals surface area contributed by atoms with Crippen LogP contribution in [-0.2, 0) is 61.4 Å². The van der Waals surface area contributed by atoms with Gasteiger partial charge in [0.05, 0.1) is 0 Å². The fourth-order valence-electron chi connectivity index (χ4n) is 4.85. The van der Waals surface area contributed by atoms with Crippen molar-refractivity contribution in [3.05, 3.63) is 11.5 Å². The number of hydrogen-bond acceptors (Lipinski definition) is 18. The smallest absolute Gasteiger partial charge is 0.431 e. The summed E-state index contributed by atoms with van der Waals surface area (Å²) in [5.74, 6) is -11.1. The first-order valence-corrected chi connectivity index (χ1v) is 13.7. The van der Waals surface area contributed by atoms with E-state index in [0.29, 0.717) is 5.56 Å². The van der Waals surface area contributed by atoms with Crippen LogP contribution in [0.5, 0.6) is 17.2 Å². The molecule has 180 valence electrons. The van der Waals surface area contributed by atoms with Crippen LogP contribution >= 0.6 is 23.5 Å². The number of ether oxygens (including phenoxy) is 1. The minimum absolute atomic E-state index is 0.00196. The molecule has 1 aromatic carbocycles. The van der Waals surface area contributed by atoms with E-state index in [-0.39, 0.29) is 28.3 Å². The van der Waals surface area contributed by atoms with Crippen molar-refractivity contribution in [3.63, 3.8) is 0 Å². The van der Waals surface area contributed by atoms with E-state index >= 15 is 0 Å². The zero-order chi connectivity index (χ0) is 23.1. The summed E-state index contributed by atoms with van der Waals surface area (Å²) in [6.07, 6.45) is 0. The molecular weight excluding hydrogens is 535 g/mol. The summed E-state index contributed by atoms with van der Waals surface area (Å²) in [6.45, 7) is 0.519. The lowest BCUT2D eigenvalue weighted by molar-refractivity contribution is -0.483. The number of fused-ring (bicyclic) bond motifs is 8. The van der Waals surface area contributed by atoms with E-state index in [1.807, 2.05) is 0 Å². The van der Waals surface area contributed by atoms with E-state index in [4.69, 9.17) is 59.9 Å². The Labute approximate surface area is 184 Å². The van der Waals surface area contributed by atoms with Crippen molar-refractivity contribution in [3.8, 4) is 17.2 Å². The third-order valence-electron chi connectivity index (χ3n) is 6.18. The molecule has 7 atom stereocenters. The minimum Gasteiger partial charge on any atom is -0.431 e. The minimum atomic E-state index is -4.75. The van der Waals surface area contributed by atoms with Gasteiger partial charge in [-0.1, -0.05) is 0 Å². The molecule has 3 unspecified atom stereocenters. The lowest BCUT2D eigenvalue weighted by Crippen LogP contribution is -2.67. The number of rotatable bonds is 2. The third-order valence-corrected chi connectivity index (χ3v) is 9.88. The van der Waals surface area contributed by atoms with Crippen molar-refractivity contribution in [2.75, 3.05) is 6.61 Å². The summed E-state index contributed by atoms with van der Waals surface area (Å²) < 4.78 is 97.0. The van der Waals surface area contributed by atoms with Gasteiger partial charge in [-0.25, -0.2) is 32.2 Å². The van der Waals surface area contributed by atoms with E-state index in [0.717, 1.165) is 0 Å². The summed E-state index contributed by atoms with van der Waals surface area (Å²) in [7, 11) is -13.3. The summed E-state index contributed by atoms with van der Waals surface area (Å²) in [5, 5.41) is 10.1. The monoisotopic (exact) mass is 541 g/mol. The fourth-order valence-corrected chi connectivity index (χ4v) is 9.15. The molecule has 18 nitrogen and oxygen atoms in total. The van der Waals surface area contributed by atoms with Gasteiger partial charge < -0.3 is 23.1 Å². The second-order valence-electron chi connectivity index (χ2n) is 7.97. The predicted octanol–water partition coefficient (Wildman–Crippen LogP) is 1.91. The van der Waals surface area contributed by atoms with E-state index in [1.54, 1.807) is 6.92 Å². The Hall–Kier alpha value is -1.62. The van der Waals surface area contributed by atoms with Crippen molar-refractivity contribution >= 4 is 34.6 Å². The highest BCUT2D eigenvalue weighted by Gasteiger charge is 3.03. The zero-order valence-electron chi connectivity index (χ0n) is 16.0. The topological polar surface area (TPSA) is 208 Å². The number of phosphoric ester groups is 2. The zero-order valence-corrected chi connectivity index (χ0v) is 18.7. The molecule has 8 aliphatic rings. The summed E-state index contributed by atoms with van der Waals surface area (Å²) >= 11 is 0. The summed E-state index contributed by atoms with van der Waals surface area (Å²) in [6, 6.07) is 0. The lowest BCUT2D eigenvalue weighted by Gasteiger charge is -2.39. The summed E-state index contributed by atoms with van der Waals surface area (Å²) in [5.41, 5.74) is 0.239. The van der Waals surface area contributed by atoms with Crippen LogP contribution in [0.2, 0.25) is 0 Å². The normalized spacial score (nSPS) is 52.2. The van der Waals surface area contributed by atoms with E-state index in [2.05, 4.69) is 4.98 Å². The molecule has 0 radical (unpaired) electrons. The van der Waals surface area contributed by atoms with Crippen LogP contribution in [0.25, 0.3) is 11.1 Å². The van der Waals surface area contributed by atoms with Crippen molar-refractivity contribution in [1.82, 2.24) is 4.98 Å². The molecule has 21 heteroatoms. The van der Waals surface area contributed by atoms with Gasteiger partial charge in [-0.2, -0.15) is 14.3 Å². The Balaban J connectivity index is 1.37. The molecule has 8 bridgehead atoms. The molecule has 10 rings (SSSR count). The van der Waals surface area contributed by atoms with E-state index in [1.165, 1.54) is 0 Å². The first-order chi connectivity index (χ1) is 16.0. The van der Waals surface area contributed by atoms with Crippen LogP contribution in [0, 0.1) is 6.92 Å². The van der Waals surface area contributed by atoms with Crippen LogP contribution in [0.4, 0.5) is 0 Å². The van der Waals surface area contributed by atoms with Gasteiger partial charge in [0, 0.05) is 5.56 Å². The van der Waals surface area contributed by atoms with E-state index in [9.17, 15) is 18.8 Å². The first-order valence-electron chi connectivity index (χ1n) is 9.29. The average Bonchev–Trinajstić information content (AvgIpc) is 3.44. The Morgan fingerprint density at radius 2 is 1.56 bits per heavy atom.